The summed E-state index contributed by atoms with van der Waals surface area (Å²) in [6.07, 6.45) is 2.22. The number of aliphatic imine (C=N–C) groups is 1. The standard InChI is InChI=1S/C24H36N4O2S/c1-4-25-24(27-18-23-19(2)10-15-31-23)26-17-20-6-5-7-22(16-20)30-14-11-28(3)21-8-12-29-13-9-21/h5-7,10,15-16,21H,4,8-9,11-14,17-18H2,1-3H3,(H2,25,26,27). The first-order valence-corrected chi connectivity index (χ1v) is 12.1. The van der Waals surface area contributed by atoms with Crippen molar-refractivity contribution < 1.29 is 9.47 Å². The minimum Gasteiger partial charge on any atom is -0.492 e. The molecule has 2 N–H and O–H groups in total. The molecule has 0 saturated carbocycles. The van der Waals surface area contributed by atoms with E-state index >= 15 is 0 Å². The number of thiophene rings is 1. The first-order valence-electron chi connectivity index (χ1n) is 11.2. The van der Waals surface area contributed by atoms with Gasteiger partial charge >= 0.3 is 0 Å². The fourth-order valence-electron chi connectivity index (χ4n) is 3.61. The van der Waals surface area contributed by atoms with Crippen molar-refractivity contribution in [3.8, 4) is 5.75 Å². The largest absolute Gasteiger partial charge is 0.492 e. The molecule has 31 heavy (non-hydrogen) atoms. The van der Waals surface area contributed by atoms with Crippen molar-refractivity contribution in [1.29, 1.82) is 0 Å². The van der Waals surface area contributed by atoms with Gasteiger partial charge in [0.2, 0.25) is 0 Å². The Kier molecular flexibility index (Phi) is 9.65. The average Bonchev–Trinajstić information content (AvgIpc) is 3.21. The molecule has 2 aromatic rings. The van der Waals surface area contributed by atoms with Crippen molar-refractivity contribution >= 4 is 17.3 Å². The van der Waals surface area contributed by atoms with Crippen molar-refractivity contribution in [3.05, 3.63) is 51.7 Å². The van der Waals surface area contributed by atoms with E-state index in [0.29, 0.717) is 19.2 Å². The molecule has 0 bridgehead atoms. The average molecular weight is 445 g/mol. The van der Waals surface area contributed by atoms with Gasteiger partial charge in [-0.3, -0.25) is 4.90 Å². The lowest BCUT2D eigenvalue weighted by molar-refractivity contribution is 0.0392. The third kappa shape index (κ3) is 7.83. The first kappa shape index (κ1) is 23.6. The van der Waals surface area contributed by atoms with Gasteiger partial charge in [-0.2, -0.15) is 0 Å². The number of nitrogens with zero attached hydrogens (tertiary/aromatic N) is 2. The summed E-state index contributed by atoms with van der Waals surface area (Å²) in [6, 6.07) is 11.0. The van der Waals surface area contributed by atoms with Crippen molar-refractivity contribution in [1.82, 2.24) is 15.5 Å². The van der Waals surface area contributed by atoms with Crippen LogP contribution in [0, 0.1) is 6.92 Å². The fraction of sp³-hybridized carbons (Fsp3) is 0.542. The molecule has 6 nitrogen and oxygen atoms in total. The van der Waals surface area contributed by atoms with E-state index in [2.05, 4.69) is 60.0 Å². The van der Waals surface area contributed by atoms with Crippen LogP contribution in [-0.4, -0.2) is 56.9 Å². The van der Waals surface area contributed by atoms with Gasteiger partial charge in [0.05, 0.1) is 13.1 Å². The first-order chi connectivity index (χ1) is 15.2. The number of ether oxygens (including phenoxy) is 2. The van der Waals surface area contributed by atoms with Crippen molar-refractivity contribution in [2.45, 2.75) is 45.8 Å². The van der Waals surface area contributed by atoms with Gasteiger partial charge < -0.3 is 20.1 Å². The third-order valence-electron chi connectivity index (χ3n) is 5.57. The maximum atomic E-state index is 6.02. The zero-order valence-corrected chi connectivity index (χ0v) is 19.8. The number of benzene rings is 1. The summed E-state index contributed by atoms with van der Waals surface area (Å²) >= 11 is 1.77. The van der Waals surface area contributed by atoms with Crippen LogP contribution in [0.1, 0.15) is 35.8 Å². The van der Waals surface area contributed by atoms with Crippen LogP contribution in [0.2, 0.25) is 0 Å². The topological polar surface area (TPSA) is 58.1 Å². The molecular weight excluding hydrogens is 408 g/mol. The van der Waals surface area contributed by atoms with Crippen LogP contribution in [0.25, 0.3) is 0 Å². The van der Waals surface area contributed by atoms with Crippen LogP contribution in [0.3, 0.4) is 0 Å². The summed E-state index contributed by atoms with van der Waals surface area (Å²) in [6.45, 7) is 9.80. The van der Waals surface area contributed by atoms with E-state index in [1.807, 2.05) is 12.1 Å². The smallest absolute Gasteiger partial charge is 0.191 e. The molecule has 1 aliphatic heterocycles. The second kappa shape index (κ2) is 12.7. The lowest BCUT2D eigenvalue weighted by Gasteiger charge is -2.31. The normalized spacial score (nSPS) is 15.3. The summed E-state index contributed by atoms with van der Waals surface area (Å²) in [7, 11) is 2.18. The van der Waals surface area contributed by atoms with Gasteiger partial charge in [0.25, 0.3) is 0 Å². The molecular formula is C24H36N4O2S. The molecule has 0 amide bonds. The summed E-state index contributed by atoms with van der Waals surface area (Å²) in [5.74, 6) is 1.74. The second-order valence-corrected chi connectivity index (χ2v) is 8.90. The fourth-order valence-corrected chi connectivity index (χ4v) is 4.46. The highest BCUT2D eigenvalue weighted by molar-refractivity contribution is 7.10. The number of hydrogen-bond acceptors (Lipinski definition) is 5. The Labute approximate surface area is 190 Å². The minimum atomic E-state index is 0.605. The number of likely N-dealkylation sites (N-methyl/N-ethyl adjacent to an activating group) is 1. The predicted molar refractivity (Wildman–Crippen MR) is 129 cm³/mol. The van der Waals surface area contributed by atoms with Crippen molar-refractivity contribution in [2.24, 2.45) is 4.99 Å². The summed E-state index contributed by atoms with van der Waals surface area (Å²) < 4.78 is 11.5. The van der Waals surface area contributed by atoms with Gasteiger partial charge in [0.15, 0.2) is 5.96 Å². The van der Waals surface area contributed by atoms with Crippen molar-refractivity contribution in [3.63, 3.8) is 0 Å². The van der Waals surface area contributed by atoms with Gasteiger partial charge in [-0.15, -0.1) is 11.3 Å². The molecule has 0 atom stereocenters. The Hall–Kier alpha value is -2.09. The lowest BCUT2D eigenvalue weighted by Crippen LogP contribution is -2.38. The highest BCUT2D eigenvalue weighted by Gasteiger charge is 2.17. The Bertz CT molecular complexity index is 817. The Morgan fingerprint density at radius 2 is 2.10 bits per heavy atom. The predicted octanol–water partition coefficient (Wildman–Crippen LogP) is 3.80. The SMILES string of the molecule is CCNC(=NCc1cccc(OCCN(C)C2CCOCC2)c1)NCc1sccc1C. The van der Waals surface area contributed by atoms with E-state index in [0.717, 1.165) is 63.0 Å². The number of nitrogens with one attached hydrogen (secondary N) is 2. The summed E-state index contributed by atoms with van der Waals surface area (Å²) in [5.41, 5.74) is 2.46. The second-order valence-electron chi connectivity index (χ2n) is 7.90. The van der Waals surface area contributed by atoms with Gasteiger partial charge in [-0.25, -0.2) is 4.99 Å². The van der Waals surface area contributed by atoms with E-state index in [9.17, 15) is 0 Å². The molecule has 3 rings (SSSR count). The molecule has 1 aromatic heterocycles. The molecule has 1 fully saturated rings. The number of aryl methyl sites for hydroxylation is 1. The van der Waals surface area contributed by atoms with Gasteiger partial charge in [0, 0.05) is 37.2 Å². The van der Waals surface area contributed by atoms with Gasteiger partial charge in [0.1, 0.15) is 12.4 Å². The molecule has 170 valence electrons. The van der Waals surface area contributed by atoms with Crippen LogP contribution >= 0.6 is 11.3 Å². The highest BCUT2D eigenvalue weighted by atomic mass is 32.1. The third-order valence-corrected chi connectivity index (χ3v) is 6.60. The van der Waals surface area contributed by atoms with Crippen LogP contribution in [-0.2, 0) is 17.8 Å². The zero-order valence-electron chi connectivity index (χ0n) is 19.0. The summed E-state index contributed by atoms with van der Waals surface area (Å²) in [4.78, 5) is 8.48. The van der Waals surface area contributed by atoms with Crippen LogP contribution in [0.4, 0.5) is 0 Å². The van der Waals surface area contributed by atoms with E-state index in [-0.39, 0.29) is 0 Å². The van der Waals surface area contributed by atoms with E-state index in [4.69, 9.17) is 14.5 Å². The molecule has 0 unspecified atom stereocenters. The van der Waals surface area contributed by atoms with Crippen molar-refractivity contribution in [2.75, 3.05) is 40.0 Å². The van der Waals surface area contributed by atoms with Crippen LogP contribution in [0.15, 0.2) is 40.7 Å². The quantitative estimate of drug-likeness (QED) is 0.431. The zero-order chi connectivity index (χ0) is 21.9. The summed E-state index contributed by atoms with van der Waals surface area (Å²) in [5, 5.41) is 8.88. The maximum absolute atomic E-state index is 6.02. The van der Waals surface area contributed by atoms with E-state index in [1.54, 1.807) is 11.3 Å². The van der Waals surface area contributed by atoms with Gasteiger partial charge in [-0.05, 0) is 68.4 Å². The Balaban J connectivity index is 1.48. The van der Waals surface area contributed by atoms with E-state index in [1.165, 1.54) is 10.4 Å². The number of hydrogen-bond donors (Lipinski definition) is 2. The highest BCUT2D eigenvalue weighted by Crippen LogP contribution is 2.16. The Morgan fingerprint density at radius 1 is 1.26 bits per heavy atom. The number of rotatable bonds is 10. The maximum Gasteiger partial charge on any atom is 0.191 e. The molecule has 1 saturated heterocycles. The minimum absolute atomic E-state index is 0.605. The molecule has 7 heteroatoms. The number of guanidine groups is 1. The molecule has 1 aromatic carbocycles. The molecule has 0 spiro atoms. The Morgan fingerprint density at radius 3 is 2.84 bits per heavy atom. The molecule has 2 heterocycles. The van der Waals surface area contributed by atoms with Crippen LogP contribution < -0.4 is 15.4 Å². The lowest BCUT2D eigenvalue weighted by atomic mass is 10.1. The van der Waals surface area contributed by atoms with Crippen LogP contribution in [0.5, 0.6) is 5.75 Å². The van der Waals surface area contributed by atoms with E-state index < -0.39 is 0 Å². The monoisotopic (exact) mass is 444 g/mol. The molecule has 0 aliphatic carbocycles. The molecule has 1 aliphatic rings. The molecule has 0 radical (unpaired) electrons. The van der Waals surface area contributed by atoms with Gasteiger partial charge in [-0.1, -0.05) is 12.1 Å².